The summed E-state index contributed by atoms with van der Waals surface area (Å²) < 4.78 is 12.9. The summed E-state index contributed by atoms with van der Waals surface area (Å²) in [7, 11) is 0. The van der Waals surface area contributed by atoms with Gasteiger partial charge in [-0.05, 0) is 42.4 Å². The van der Waals surface area contributed by atoms with Crippen molar-refractivity contribution in [2.24, 2.45) is 0 Å². The van der Waals surface area contributed by atoms with Crippen molar-refractivity contribution in [2.45, 2.75) is 19.9 Å². The van der Waals surface area contributed by atoms with Crippen LogP contribution in [0.3, 0.4) is 0 Å². The molecule has 0 saturated heterocycles. The first kappa shape index (κ1) is 14.5. The lowest BCUT2D eigenvalue weighted by Gasteiger charge is -2.07. The van der Waals surface area contributed by atoms with Gasteiger partial charge in [-0.1, -0.05) is 6.07 Å². The summed E-state index contributed by atoms with van der Waals surface area (Å²) in [5.41, 5.74) is 2.14. The third kappa shape index (κ3) is 6.05. The van der Waals surface area contributed by atoms with Gasteiger partial charge in [0.2, 0.25) is 0 Å². The lowest BCUT2D eigenvalue weighted by Crippen LogP contribution is -2.17. The Bertz CT molecular complexity index is 333. The van der Waals surface area contributed by atoms with Crippen LogP contribution in [0.2, 0.25) is 0 Å². The molecule has 0 aliphatic carbocycles. The number of halogens is 1. The van der Waals surface area contributed by atoms with Crippen molar-refractivity contribution in [3.8, 4) is 0 Å². The minimum atomic E-state index is -0.175. The molecular weight excluding hydrogens is 237 g/mol. The Morgan fingerprint density at radius 2 is 2.18 bits per heavy atom. The minimum absolute atomic E-state index is 0.175. The summed E-state index contributed by atoms with van der Waals surface area (Å²) in [5.74, 6) is 1.87. The monoisotopic (exact) mass is 257 g/mol. The first-order chi connectivity index (χ1) is 8.24. The molecule has 0 radical (unpaired) electrons. The fourth-order valence-corrected chi connectivity index (χ4v) is 2.32. The maximum absolute atomic E-state index is 12.9. The van der Waals surface area contributed by atoms with E-state index in [2.05, 4.69) is 5.32 Å². The van der Waals surface area contributed by atoms with E-state index in [0.717, 1.165) is 42.1 Å². The highest BCUT2D eigenvalue weighted by Gasteiger charge is 1.99. The second kappa shape index (κ2) is 8.50. The van der Waals surface area contributed by atoms with Gasteiger partial charge in [0.1, 0.15) is 5.82 Å². The number of aliphatic hydroxyl groups is 1. The molecular formula is C13H20FNOS. The Balaban J connectivity index is 2.14. The van der Waals surface area contributed by atoms with E-state index in [1.165, 1.54) is 6.07 Å². The predicted molar refractivity (Wildman–Crippen MR) is 71.9 cm³/mol. The summed E-state index contributed by atoms with van der Waals surface area (Å²) in [4.78, 5) is 0. The third-order valence-electron chi connectivity index (χ3n) is 2.49. The van der Waals surface area contributed by atoms with Crippen LogP contribution in [0.5, 0.6) is 0 Å². The van der Waals surface area contributed by atoms with Gasteiger partial charge >= 0.3 is 0 Å². The molecule has 0 unspecified atom stereocenters. The van der Waals surface area contributed by atoms with Crippen LogP contribution in [0.15, 0.2) is 18.2 Å². The van der Waals surface area contributed by atoms with Gasteiger partial charge in [0, 0.05) is 25.4 Å². The van der Waals surface area contributed by atoms with Crippen molar-refractivity contribution in [3.05, 3.63) is 35.1 Å². The highest BCUT2D eigenvalue weighted by atomic mass is 32.2. The normalized spacial score (nSPS) is 10.8. The van der Waals surface area contributed by atoms with E-state index in [4.69, 9.17) is 5.11 Å². The molecule has 0 heterocycles. The molecule has 17 heavy (non-hydrogen) atoms. The van der Waals surface area contributed by atoms with Gasteiger partial charge in [0.15, 0.2) is 0 Å². The van der Waals surface area contributed by atoms with Crippen LogP contribution >= 0.6 is 11.8 Å². The van der Waals surface area contributed by atoms with Gasteiger partial charge in [0.25, 0.3) is 0 Å². The van der Waals surface area contributed by atoms with E-state index < -0.39 is 0 Å². The van der Waals surface area contributed by atoms with E-state index >= 15 is 0 Å². The summed E-state index contributed by atoms with van der Waals surface area (Å²) in [6, 6.07) is 4.89. The second-order valence-electron chi connectivity index (χ2n) is 3.94. The zero-order chi connectivity index (χ0) is 12.5. The molecule has 1 aromatic carbocycles. The molecule has 0 bridgehead atoms. The maximum atomic E-state index is 12.9. The van der Waals surface area contributed by atoms with Crippen molar-refractivity contribution in [1.29, 1.82) is 0 Å². The van der Waals surface area contributed by atoms with Crippen LogP contribution in [0.25, 0.3) is 0 Å². The molecule has 0 atom stereocenters. The van der Waals surface area contributed by atoms with Gasteiger partial charge in [-0.3, -0.25) is 0 Å². The molecule has 0 aliphatic heterocycles. The topological polar surface area (TPSA) is 32.3 Å². The lowest BCUT2D eigenvalue weighted by atomic mass is 10.1. The Morgan fingerprint density at radius 3 is 2.88 bits per heavy atom. The first-order valence-electron chi connectivity index (χ1n) is 5.88. The molecule has 0 amide bonds. The number of thioether (sulfide) groups is 1. The average molecular weight is 257 g/mol. The quantitative estimate of drug-likeness (QED) is 0.701. The summed E-state index contributed by atoms with van der Waals surface area (Å²) in [5, 5.41) is 11.9. The number of aliphatic hydroxyl groups excluding tert-OH is 1. The van der Waals surface area contributed by atoms with Gasteiger partial charge in [0.05, 0.1) is 0 Å². The van der Waals surface area contributed by atoms with Crippen molar-refractivity contribution < 1.29 is 9.50 Å². The fourth-order valence-electron chi connectivity index (χ4n) is 1.49. The predicted octanol–water partition coefficient (Wildman–Crippen LogP) is 2.34. The minimum Gasteiger partial charge on any atom is -0.396 e. The standard InChI is InChI=1S/C13H20FNOS/c1-11-9-13(14)4-3-12(11)10-15-5-8-17-7-2-6-16/h3-4,9,15-16H,2,5-8,10H2,1H3. The van der Waals surface area contributed by atoms with Gasteiger partial charge in [-0.2, -0.15) is 11.8 Å². The molecule has 0 saturated carbocycles. The van der Waals surface area contributed by atoms with Crippen molar-refractivity contribution >= 4 is 11.8 Å². The SMILES string of the molecule is Cc1cc(F)ccc1CNCCSCCCO. The Morgan fingerprint density at radius 1 is 1.35 bits per heavy atom. The molecule has 0 aliphatic rings. The smallest absolute Gasteiger partial charge is 0.123 e. The second-order valence-corrected chi connectivity index (χ2v) is 5.16. The molecule has 4 heteroatoms. The van der Waals surface area contributed by atoms with Crippen LogP contribution in [0.4, 0.5) is 4.39 Å². The average Bonchev–Trinajstić information content (AvgIpc) is 2.30. The zero-order valence-electron chi connectivity index (χ0n) is 10.2. The molecule has 0 spiro atoms. The molecule has 0 fully saturated rings. The van der Waals surface area contributed by atoms with Gasteiger partial charge in [-0.25, -0.2) is 4.39 Å². The van der Waals surface area contributed by atoms with E-state index in [1.807, 2.05) is 24.8 Å². The first-order valence-corrected chi connectivity index (χ1v) is 7.04. The Labute approximate surface area is 107 Å². The number of hydrogen-bond acceptors (Lipinski definition) is 3. The molecule has 96 valence electrons. The van der Waals surface area contributed by atoms with Crippen molar-refractivity contribution in [3.63, 3.8) is 0 Å². The Hall–Kier alpha value is -0.580. The third-order valence-corrected chi connectivity index (χ3v) is 3.56. The van der Waals surface area contributed by atoms with Gasteiger partial charge < -0.3 is 10.4 Å². The molecule has 2 N–H and O–H groups in total. The van der Waals surface area contributed by atoms with Crippen LogP contribution in [0, 0.1) is 12.7 Å². The van der Waals surface area contributed by atoms with Crippen LogP contribution < -0.4 is 5.32 Å². The van der Waals surface area contributed by atoms with E-state index in [0.29, 0.717) is 0 Å². The van der Waals surface area contributed by atoms with Crippen LogP contribution in [0.1, 0.15) is 17.5 Å². The summed E-state index contributed by atoms with van der Waals surface area (Å²) >= 11 is 1.84. The molecule has 1 rings (SSSR count). The highest BCUT2D eigenvalue weighted by Crippen LogP contribution is 2.09. The molecule has 0 aromatic heterocycles. The summed E-state index contributed by atoms with van der Waals surface area (Å²) in [6.45, 7) is 3.92. The molecule has 2 nitrogen and oxygen atoms in total. The molecule has 1 aromatic rings. The maximum Gasteiger partial charge on any atom is 0.123 e. The van der Waals surface area contributed by atoms with Crippen LogP contribution in [-0.4, -0.2) is 29.8 Å². The highest BCUT2D eigenvalue weighted by molar-refractivity contribution is 7.99. The number of nitrogens with one attached hydrogen (secondary N) is 1. The largest absolute Gasteiger partial charge is 0.396 e. The van der Waals surface area contributed by atoms with Gasteiger partial charge in [-0.15, -0.1) is 0 Å². The number of hydrogen-bond donors (Lipinski definition) is 2. The van der Waals surface area contributed by atoms with Crippen molar-refractivity contribution in [1.82, 2.24) is 5.32 Å². The Kier molecular flexibility index (Phi) is 7.24. The number of rotatable bonds is 8. The zero-order valence-corrected chi connectivity index (χ0v) is 11.0. The summed E-state index contributed by atoms with van der Waals surface area (Å²) in [6.07, 6.45) is 0.863. The number of aryl methyl sites for hydroxylation is 1. The van der Waals surface area contributed by atoms with E-state index in [-0.39, 0.29) is 12.4 Å². The number of benzene rings is 1. The van der Waals surface area contributed by atoms with E-state index in [9.17, 15) is 4.39 Å². The van der Waals surface area contributed by atoms with E-state index in [1.54, 1.807) is 6.07 Å². The lowest BCUT2D eigenvalue weighted by molar-refractivity contribution is 0.296. The fraction of sp³-hybridized carbons (Fsp3) is 0.538. The van der Waals surface area contributed by atoms with Crippen LogP contribution in [-0.2, 0) is 6.54 Å². The van der Waals surface area contributed by atoms with Crippen molar-refractivity contribution in [2.75, 3.05) is 24.7 Å².